The highest BCUT2D eigenvalue weighted by molar-refractivity contribution is 7.99. The molecule has 0 saturated heterocycles. The number of amides is 1. The third-order valence-electron chi connectivity index (χ3n) is 4.69. The van der Waals surface area contributed by atoms with Crippen LogP contribution in [0.1, 0.15) is 18.3 Å². The smallest absolute Gasteiger partial charge is 0.356 e. The Morgan fingerprint density at radius 2 is 1.84 bits per heavy atom. The van der Waals surface area contributed by atoms with Crippen LogP contribution in [0, 0.1) is 0 Å². The summed E-state index contributed by atoms with van der Waals surface area (Å²) >= 11 is 1.12. The number of pyridine rings is 1. The molecule has 10 heteroatoms. The van der Waals surface area contributed by atoms with Gasteiger partial charge in [-0.25, -0.2) is 4.98 Å². The van der Waals surface area contributed by atoms with Gasteiger partial charge in [0.05, 0.1) is 11.3 Å². The summed E-state index contributed by atoms with van der Waals surface area (Å²) in [5, 5.41) is 14.1. The van der Waals surface area contributed by atoms with Gasteiger partial charge in [-0.2, -0.15) is 13.2 Å². The zero-order valence-corrected chi connectivity index (χ0v) is 17.7. The molecule has 4 rings (SSSR count). The number of hydrogen-bond acceptors (Lipinski definition) is 5. The van der Waals surface area contributed by atoms with Gasteiger partial charge in [0.15, 0.2) is 0 Å². The molecule has 0 atom stereocenters. The van der Waals surface area contributed by atoms with E-state index in [-0.39, 0.29) is 5.91 Å². The summed E-state index contributed by atoms with van der Waals surface area (Å²) in [6.45, 7) is 1.81. The van der Waals surface area contributed by atoms with E-state index in [1.54, 1.807) is 0 Å². The van der Waals surface area contributed by atoms with Gasteiger partial charge in [-0.1, -0.05) is 36.4 Å². The van der Waals surface area contributed by atoms with E-state index in [1.807, 2.05) is 47.0 Å². The van der Waals surface area contributed by atoms with Gasteiger partial charge >= 0.3 is 6.18 Å². The number of nitrogens with one attached hydrogen (secondary N) is 1. The molecule has 2 aromatic carbocycles. The Hall–Kier alpha value is -3.40. The van der Waals surface area contributed by atoms with Gasteiger partial charge in [0, 0.05) is 31.5 Å². The van der Waals surface area contributed by atoms with Gasteiger partial charge < -0.3 is 5.32 Å². The first-order valence-electron chi connectivity index (χ1n) is 9.71. The summed E-state index contributed by atoms with van der Waals surface area (Å²) in [6.07, 6.45) is -3.22. The molecule has 0 aliphatic heterocycles. The molecule has 0 radical (unpaired) electrons. The first-order chi connectivity index (χ1) is 15.3. The zero-order chi connectivity index (χ0) is 22.7. The van der Waals surface area contributed by atoms with Crippen molar-refractivity contribution >= 4 is 28.4 Å². The lowest BCUT2D eigenvalue weighted by Crippen LogP contribution is -2.23. The summed E-state index contributed by atoms with van der Waals surface area (Å²) in [7, 11) is 0. The molecule has 2 aromatic heterocycles. The van der Waals surface area contributed by atoms with Gasteiger partial charge in [0.25, 0.3) is 0 Å². The van der Waals surface area contributed by atoms with E-state index in [4.69, 9.17) is 0 Å². The first kappa shape index (κ1) is 21.8. The van der Waals surface area contributed by atoms with Crippen LogP contribution < -0.4 is 5.32 Å². The first-order valence-corrected chi connectivity index (χ1v) is 10.5. The van der Waals surface area contributed by atoms with Gasteiger partial charge in [-0.15, -0.1) is 10.2 Å². The monoisotopic (exact) mass is 457 g/mol. The molecular weight excluding hydrogens is 439 g/mol. The van der Waals surface area contributed by atoms with E-state index >= 15 is 0 Å². The van der Waals surface area contributed by atoms with E-state index in [9.17, 15) is 18.0 Å². The van der Waals surface area contributed by atoms with Crippen molar-refractivity contribution in [3.8, 4) is 5.69 Å². The highest BCUT2D eigenvalue weighted by Crippen LogP contribution is 2.33. The maximum absolute atomic E-state index is 12.9. The van der Waals surface area contributed by atoms with Crippen LogP contribution in [0.2, 0.25) is 0 Å². The number of rotatable bonds is 6. The quantitative estimate of drug-likeness (QED) is 0.456. The summed E-state index contributed by atoms with van der Waals surface area (Å²) in [6, 6.07) is 16.0. The molecule has 0 spiro atoms. The Balaban J connectivity index is 1.74. The lowest BCUT2D eigenvalue weighted by molar-refractivity contribution is -0.137. The van der Waals surface area contributed by atoms with Crippen molar-refractivity contribution in [2.24, 2.45) is 0 Å². The van der Waals surface area contributed by atoms with Gasteiger partial charge in [-0.3, -0.25) is 9.36 Å². The minimum absolute atomic E-state index is 0.148. The molecule has 0 aliphatic carbocycles. The van der Waals surface area contributed by atoms with Crippen molar-refractivity contribution in [3.63, 3.8) is 0 Å². The summed E-state index contributed by atoms with van der Waals surface area (Å²) in [4.78, 5) is 15.2. The summed E-state index contributed by atoms with van der Waals surface area (Å²) < 4.78 is 40.4. The Kier molecular flexibility index (Phi) is 6.13. The number of aromatic nitrogens is 4. The fraction of sp³-hybridized carbons (Fsp3) is 0.182. The Bertz CT molecular complexity index is 1250. The third kappa shape index (κ3) is 4.75. The second-order valence-corrected chi connectivity index (χ2v) is 7.94. The number of halogens is 3. The molecule has 6 nitrogen and oxygen atoms in total. The Morgan fingerprint density at radius 1 is 1.06 bits per heavy atom. The number of carbonyl (C=O) groups is 1. The van der Waals surface area contributed by atoms with Crippen LogP contribution in [-0.2, 0) is 17.4 Å². The van der Waals surface area contributed by atoms with E-state index in [0.29, 0.717) is 29.0 Å². The second-order valence-electron chi connectivity index (χ2n) is 6.95. The Morgan fingerprint density at radius 3 is 2.56 bits per heavy atom. The fourth-order valence-corrected chi connectivity index (χ4v) is 4.03. The molecule has 0 unspecified atom stereocenters. The molecule has 0 saturated carbocycles. The second kappa shape index (κ2) is 8.99. The van der Waals surface area contributed by atoms with Crippen molar-refractivity contribution in [2.45, 2.75) is 29.7 Å². The SMILES string of the molecule is CC(=O)NCCc1nnc(Sc2ccc(C(F)(F)F)cn2)n1-c1cccc2ccccc12. The number of nitrogens with zero attached hydrogens (tertiary/aromatic N) is 4. The van der Waals surface area contributed by atoms with E-state index < -0.39 is 11.7 Å². The number of benzene rings is 2. The minimum Gasteiger partial charge on any atom is -0.356 e. The highest BCUT2D eigenvalue weighted by Gasteiger charge is 2.30. The molecule has 0 aliphatic rings. The minimum atomic E-state index is -4.45. The van der Waals surface area contributed by atoms with E-state index in [2.05, 4.69) is 20.5 Å². The van der Waals surface area contributed by atoms with Crippen LogP contribution in [0.15, 0.2) is 71.0 Å². The summed E-state index contributed by atoms with van der Waals surface area (Å²) in [5.41, 5.74) is 0.0219. The molecule has 2 heterocycles. The summed E-state index contributed by atoms with van der Waals surface area (Å²) in [5.74, 6) is 0.467. The van der Waals surface area contributed by atoms with Crippen LogP contribution in [0.25, 0.3) is 16.5 Å². The lowest BCUT2D eigenvalue weighted by Gasteiger charge is -2.13. The molecule has 1 amide bonds. The maximum Gasteiger partial charge on any atom is 0.417 e. The average molecular weight is 457 g/mol. The van der Waals surface area contributed by atoms with Crippen LogP contribution in [0.5, 0.6) is 0 Å². The van der Waals surface area contributed by atoms with Gasteiger partial charge in [0.1, 0.15) is 10.9 Å². The molecule has 0 fully saturated rings. The zero-order valence-electron chi connectivity index (χ0n) is 16.9. The van der Waals surface area contributed by atoms with Gasteiger partial charge in [-0.05, 0) is 35.3 Å². The number of hydrogen-bond donors (Lipinski definition) is 1. The third-order valence-corrected chi connectivity index (χ3v) is 5.59. The average Bonchev–Trinajstić information content (AvgIpc) is 3.15. The van der Waals surface area contributed by atoms with Crippen molar-refractivity contribution in [2.75, 3.05) is 6.54 Å². The maximum atomic E-state index is 12.9. The molecule has 1 N–H and O–H groups in total. The van der Waals surface area contributed by atoms with Gasteiger partial charge in [0.2, 0.25) is 11.1 Å². The molecule has 164 valence electrons. The van der Waals surface area contributed by atoms with Crippen molar-refractivity contribution in [3.05, 3.63) is 72.2 Å². The highest BCUT2D eigenvalue weighted by atomic mass is 32.2. The van der Waals surface area contributed by atoms with Crippen LogP contribution in [0.4, 0.5) is 13.2 Å². The largest absolute Gasteiger partial charge is 0.417 e. The van der Waals surface area contributed by atoms with Crippen LogP contribution in [0.3, 0.4) is 0 Å². The van der Waals surface area contributed by atoms with Crippen molar-refractivity contribution < 1.29 is 18.0 Å². The predicted octanol–water partition coefficient (Wildman–Crippen LogP) is 4.66. The standard InChI is InChI=1S/C22H18F3N5OS/c1-14(31)26-12-11-19-28-29-21(32-20-10-9-16(13-27-20)22(23,24)25)30(19)18-8-4-6-15-5-2-3-7-17(15)18/h2-10,13H,11-12H2,1H3,(H,26,31). The Labute approximate surface area is 185 Å². The topological polar surface area (TPSA) is 72.7 Å². The number of fused-ring (bicyclic) bond motifs is 1. The lowest BCUT2D eigenvalue weighted by atomic mass is 10.1. The normalized spacial score (nSPS) is 11.6. The predicted molar refractivity (Wildman–Crippen MR) is 115 cm³/mol. The number of carbonyl (C=O) groups excluding carboxylic acids is 1. The van der Waals surface area contributed by atoms with E-state index in [1.165, 1.54) is 13.0 Å². The molecule has 32 heavy (non-hydrogen) atoms. The molecule has 0 bridgehead atoms. The van der Waals surface area contributed by atoms with Crippen molar-refractivity contribution in [1.29, 1.82) is 0 Å². The molecule has 4 aromatic rings. The van der Waals surface area contributed by atoms with Crippen molar-refractivity contribution in [1.82, 2.24) is 25.1 Å². The van der Waals surface area contributed by atoms with Crippen LogP contribution >= 0.6 is 11.8 Å². The fourth-order valence-electron chi connectivity index (χ4n) is 3.23. The van der Waals surface area contributed by atoms with Crippen LogP contribution in [-0.4, -0.2) is 32.2 Å². The van der Waals surface area contributed by atoms with E-state index in [0.717, 1.165) is 40.5 Å². The number of alkyl halides is 3. The molecular formula is C22H18F3N5OS.